The van der Waals surface area contributed by atoms with Gasteiger partial charge in [-0.15, -0.1) is 12.4 Å². The first-order valence-electron chi connectivity index (χ1n) is 8.98. The van der Waals surface area contributed by atoms with Crippen LogP contribution < -0.4 is 19.5 Å². The molecule has 0 aliphatic carbocycles. The van der Waals surface area contributed by atoms with E-state index in [0.717, 1.165) is 37.9 Å². The van der Waals surface area contributed by atoms with E-state index < -0.39 is 0 Å². The topological polar surface area (TPSA) is 60.0 Å². The largest absolute Gasteiger partial charge is 0.493 e. The molecule has 1 aromatic carbocycles. The minimum Gasteiger partial charge on any atom is -0.493 e. The Labute approximate surface area is 161 Å². The van der Waals surface area contributed by atoms with Crippen LogP contribution in [0.15, 0.2) is 12.1 Å². The van der Waals surface area contributed by atoms with E-state index in [1.54, 1.807) is 21.3 Å². The fraction of sp³-hybridized carbons (Fsp3) is 0.632. The zero-order valence-electron chi connectivity index (χ0n) is 15.7. The third-order valence-electron chi connectivity index (χ3n) is 5.29. The second-order valence-corrected chi connectivity index (χ2v) is 6.71. The maximum absolute atomic E-state index is 12.8. The lowest BCUT2D eigenvalue weighted by atomic mass is 10.1. The highest BCUT2D eigenvalue weighted by Crippen LogP contribution is 2.38. The summed E-state index contributed by atoms with van der Waals surface area (Å²) in [6.07, 6.45) is 4.49. The number of rotatable bonds is 6. The second kappa shape index (κ2) is 9.33. The second-order valence-electron chi connectivity index (χ2n) is 6.71. The average Bonchev–Trinajstić information content (AvgIpc) is 2.91. The monoisotopic (exact) mass is 384 g/mol. The maximum Gasteiger partial charge on any atom is 0.223 e. The molecule has 2 unspecified atom stereocenters. The highest BCUT2D eigenvalue weighted by Gasteiger charge is 2.37. The van der Waals surface area contributed by atoms with Gasteiger partial charge in [0, 0.05) is 25.0 Å². The van der Waals surface area contributed by atoms with Crippen LogP contribution in [-0.2, 0) is 11.2 Å². The molecule has 0 spiro atoms. The van der Waals surface area contributed by atoms with Crippen LogP contribution in [0.2, 0.25) is 0 Å². The van der Waals surface area contributed by atoms with E-state index in [9.17, 15) is 4.79 Å². The van der Waals surface area contributed by atoms with Crippen molar-refractivity contribution in [1.29, 1.82) is 0 Å². The van der Waals surface area contributed by atoms with Crippen molar-refractivity contribution < 1.29 is 19.0 Å². The molecule has 2 aliphatic heterocycles. The Morgan fingerprint density at radius 2 is 1.73 bits per heavy atom. The molecule has 2 heterocycles. The molecule has 1 aromatic rings. The molecular weight excluding hydrogens is 356 g/mol. The molecule has 2 atom stereocenters. The number of fused-ring (bicyclic) bond motifs is 2. The first kappa shape index (κ1) is 20.6. The number of ether oxygens (including phenoxy) is 3. The number of nitrogens with one attached hydrogen (secondary N) is 1. The van der Waals surface area contributed by atoms with Crippen molar-refractivity contribution >= 4 is 18.3 Å². The molecule has 2 saturated heterocycles. The van der Waals surface area contributed by atoms with Crippen molar-refractivity contribution in [3.63, 3.8) is 0 Å². The molecule has 0 radical (unpaired) electrons. The Balaban J connectivity index is 0.00000243. The Kier molecular flexibility index (Phi) is 7.41. The predicted octanol–water partition coefficient (Wildman–Crippen LogP) is 2.42. The summed E-state index contributed by atoms with van der Waals surface area (Å²) in [5, 5.41) is 3.44. The van der Waals surface area contributed by atoms with Crippen molar-refractivity contribution in [2.24, 2.45) is 0 Å². The lowest BCUT2D eigenvalue weighted by molar-refractivity contribution is -0.133. The first-order valence-corrected chi connectivity index (χ1v) is 8.98. The number of halogens is 1. The molecule has 6 nitrogen and oxygen atoms in total. The zero-order valence-corrected chi connectivity index (χ0v) is 16.6. The molecular formula is C19H29ClN2O4. The van der Waals surface area contributed by atoms with Gasteiger partial charge in [-0.2, -0.15) is 0 Å². The number of benzene rings is 1. The normalized spacial score (nSPS) is 21.6. The smallest absolute Gasteiger partial charge is 0.223 e. The van der Waals surface area contributed by atoms with Crippen LogP contribution in [-0.4, -0.2) is 57.3 Å². The fourth-order valence-electron chi connectivity index (χ4n) is 4.05. The number of amides is 1. The summed E-state index contributed by atoms with van der Waals surface area (Å²) in [6.45, 7) is 1.93. The van der Waals surface area contributed by atoms with E-state index in [1.165, 1.54) is 0 Å². The summed E-state index contributed by atoms with van der Waals surface area (Å²) in [4.78, 5) is 15.0. The number of carbonyl (C=O) groups excluding carboxylic acids is 1. The Hall–Kier alpha value is -1.66. The molecule has 2 bridgehead atoms. The minimum atomic E-state index is 0. The molecule has 1 N–H and O–H groups in total. The van der Waals surface area contributed by atoms with Gasteiger partial charge >= 0.3 is 0 Å². The lowest BCUT2D eigenvalue weighted by Crippen LogP contribution is -2.42. The van der Waals surface area contributed by atoms with Crippen molar-refractivity contribution in [3.05, 3.63) is 17.7 Å². The molecule has 7 heteroatoms. The minimum absolute atomic E-state index is 0. The van der Waals surface area contributed by atoms with Crippen molar-refractivity contribution in [1.82, 2.24) is 10.2 Å². The highest BCUT2D eigenvalue weighted by molar-refractivity contribution is 5.85. The van der Waals surface area contributed by atoms with Gasteiger partial charge in [0.1, 0.15) is 0 Å². The first-order chi connectivity index (χ1) is 12.2. The van der Waals surface area contributed by atoms with Gasteiger partial charge in [-0.05, 0) is 49.9 Å². The van der Waals surface area contributed by atoms with E-state index in [1.807, 2.05) is 12.1 Å². The number of aryl methyl sites for hydroxylation is 1. The molecule has 2 fully saturated rings. The van der Waals surface area contributed by atoms with Gasteiger partial charge in [-0.3, -0.25) is 4.79 Å². The quantitative estimate of drug-likeness (QED) is 0.816. The van der Waals surface area contributed by atoms with Crippen LogP contribution in [0.25, 0.3) is 0 Å². The van der Waals surface area contributed by atoms with Gasteiger partial charge in [0.25, 0.3) is 0 Å². The van der Waals surface area contributed by atoms with Gasteiger partial charge in [0.05, 0.1) is 21.3 Å². The van der Waals surface area contributed by atoms with Gasteiger partial charge in [-0.25, -0.2) is 0 Å². The maximum atomic E-state index is 12.8. The molecule has 1 amide bonds. The van der Waals surface area contributed by atoms with Gasteiger partial charge in [-0.1, -0.05) is 0 Å². The third-order valence-corrected chi connectivity index (χ3v) is 5.29. The molecule has 146 valence electrons. The van der Waals surface area contributed by atoms with Crippen LogP contribution in [0, 0.1) is 0 Å². The Morgan fingerprint density at radius 3 is 2.35 bits per heavy atom. The average molecular weight is 385 g/mol. The molecule has 2 aliphatic rings. The highest BCUT2D eigenvalue weighted by atomic mass is 35.5. The van der Waals surface area contributed by atoms with E-state index in [-0.39, 0.29) is 18.3 Å². The van der Waals surface area contributed by atoms with Crippen LogP contribution in [0.5, 0.6) is 17.2 Å². The van der Waals surface area contributed by atoms with Crippen LogP contribution in [0.4, 0.5) is 0 Å². The molecule has 0 saturated carbocycles. The van der Waals surface area contributed by atoms with Crippen LogP contribution in [0.1, 0.15) is 31.2 Å². The van der Waals surface area contributed by atoms with Crippen molar-refractivity contribution in [2.45, 2.75) is 44.2 Å². The predicted molar refractivity (Wildman–Crippen MR) is 103 cm³/mol. The van der Waals surface area contributed by atoms with E-state index in [2.05, 4.69) is 10.2 Å². The van der Waals surface area contributed by atoms with Gasteiger partial charge in [0.15, 0.2) is 11.5 Å². The SMILES string of the molecule is COc1cc(CCC(=O)N2C3CCNCC2CC3)cc(OC)c1OC.Cl. The summed E-state index contributed by atoms with van der Waals surface area (Å²) in [5.74, 6) is 2.09. The number of carbonyl (C=O) groups is 1. The fourth-order valence-corrected chi connectivity index (χ4v) is 4.05. The van der Waals surface area contributed by atoms with E-state index in [0.29, 0.717) is 42.2 Å². The summed E-state index contributed by atoms with van der Waals surface area (Å²) in [5.41, 5.74) is 1.02. The molecule has 0 aromatic heterocycles. The van der Waals surface area contributed by atoms with Gasteiger partial charge < -0.3 is 24.4 Å². The number of hydrogen-bond donors (Lipinski definition) is 1. The number of nitrogens with zero attached hydrogens (tertiary/aromatic N) is 1. The number of hydrogen-bond acceptors (Lipinski definition) is 5. The summed E-state index contributed by atoms with van der Waals surface area (Å²) in [7, 11) is 4.80. The van der Waals surface area contributed by atoms with Crippen molar-refractivity contribution in [3.8, 4) is 17.2 Å². The third kappa shape index (κ3) is 4.18. The van der Waals surface area contributed by atoms with Crippen molar-refractivity contribution in [2.75, 3.05) is 34.4 Å². The molecule has 3 rings (SSSR count). The summed E-state index contributed by atoms with van der Waals surface area (Å²) < 4.78 is 16.1. The van der Waals surface area contributed by atoms with Gasteiger partial charge in [0.2, 0.25) is 11.7 Å². The Bertz CT molecular complexity index is 587. The number of methoxy groups -OCH3 is 3. The standard InChI is InChI=1S/C19H28N2O4.ClH/c1-23-16-10-13(11-17(24-2)19(16)25-3)4-7-18(22)21-14-5-6-15(21)12-20-9-8-14;/h10-11,14-15,20H,4-9,12H2,1-3H3;1H. The summed E-state index contributed by atoms with van der Waals surface area (Å²) in [6, 6.07) is 4.62. The lowest BCUT2D eigenvalue weighted by Gasteiger charge is -2.28. The van der Waals surface area contributed by atoms with E-state index in [4.69, 9.17) is 14.2 Å². The van der Waals surface area contributed by atoms with E-state index >= 15 is 0 Å². The van der Waals surface area contributed by atoms with Crippen LogP contribution >= 0.6 is 12.4 Å². The summed E-state index contributed by atoms with van der Waals surface area (Å²) >= 11 is 0. The Morgan fingerprint density at radius 1 is 1.08 bits per heavy atom. The molecule has 26 heavy (non-hydrogen) atoms. The van der Waals surface area contributed by atoms with Crippen LogP contribution in [0.3, 0.4) is 0 Å². The zero-order chi connectivity index (χ0) is 17.8.